The van der Waals surface area contributed by atoms with E-state index in [1.807, 2.05) is 11.4 Å². The maximum absolute atomic E-state index is 12.9. The van der Waals surface area contributed by atoms with Crippen LogP contribution in [-0.4, -0.2) is 58.7 Å². The number of nitrogens with one attached hydrogen (secondary N) is 2. The van der Waals surface area contributed by atoms with Crippen molar-refractivity contribution in [2.45, 2.75) is 37.8 Å². The van der Waals surface area contributed by atoms with Gasteiger partial charge in [0, 0.05) is 54.6 Å². The molecule has 6 N–H and O–H groups in total. The summed E-state index contributed by atoms with van der Waals surface area (Å²) in [6.45, 7) is 2.74. The highest BCUT2D eigenvalue weighted by Crippen LogP contribution is 2.40. The zero-order valence-electron chi connectivity index (χ0n) is 22.7. The van der Waals surface area contributed by atoms with Gasteiger partial charge in [0.2, 0.25) is 11.4 Å². The first-order valence-corrected chi connectivity index (χ1v) is 15.6. The summed E-state index contributed by atoms with van der Waals surface area (Å²) in [7, 11) is 0. The molecule has 1 aliphatic heterocycles. The maximum Gasteiger partial charge on any atom is 0.256 e. The van der Waals surface area contributed by atoms with Crippen LogP contribution in [0.1, 0.15) is 36.0 Å². The van der Waals surface area contributed by atoms with Crippen molar-refractivity contribution in [1.29, 1.82) is 0 Å². The van der Waals surface area contributed by atoms with E-state index in [9.17, 15) is 9.59 Å². The van der Waals surface area contributed by atoms with Gasteiger partial charge < -0.3 is 36.2 Å². The van der Waals surface area contributed by atoms with Crippen molar-refractivity contribution >= 4 is 66.3 Å². The van der Waals surface area contributed by atoms with Crippen molar-refractivity contribution in [3.8, 4) is 11.1 Å². The van der Waals surface area contributed by atoms with E-state index < -0.39 is 5.91 Å². The van der Waals surface area contributed by atoms with Gasteiger partial charge in [-0.3, -0.25) is 14.0 Å². The minimum absolute atomic E-state index is 0.00968. The lowest BCUT2D eigenvalue weighted by atomic mass is 9.91. The Morgan fingerprint density at radius 1 is 1.17 bits per heavy atom. The van der Waals surface area contributed by atoms with Gasteiger partial charge >= 0.3 is 0 Å². The third kappa shape index (κ3) is 4.89. The smallest absolute Gasteiger partial charge is 0.256 e. The van der Waals surface area contributed by atoms with Gasteiger partial charge in [0.15, 0.2) is 17.0 Å². The van der Waals surface area contributed by atoms with E-state index in [1.54, 1.807) is 29.1 Å². The van der Waals surface area contributed by atoms with Gasteiger partial charge in [-0.1, -0.05) is 12.8 Å². The SMILES string of the molecule is NC(=O)c1c(Nc2cc(-c3coc4c(=O)cc(N5CCOCC5)sc34)cs2)nc(N[C@H]2CCCC[C@H]2N)n2ccnc12. The summed E-state index contributed by atoms with van der Waals surface area (Å²) in [5.41, 5.74) is 14.7. The largest absolute Gasteiger partial charge is 0.459 e. The molecule has 6 heterocycles. The number of rotatable bonds is 7. The van der Waals surface area contributed by atoms with Crippen LogP contribution in [0.15, 0.2) is 45.4 Å². The highest BCUT2D eigenvalue weighted by atomic mass is 32.1. The van der Waals surface area contributed by atoms with Crippen molar-refractivity contribution in [1.82, 2.24) is 14.4 Å². The number of carbonyl (C=O) groups excluding carboxylic acids is 1. The average Bonchev–Trinajstić information content (AvgIpc) is 3.75. The molecule has 1 aliphatic carbocycles. The first-order chi connectivity index (χ1) is 20.5. The highest BCUT2D eigenvalue weighted by Gasteiger charge is 2.26. The van der Waals surface area contributed by atoms with Gasteiger partial charge in [0.05, 0.1) is 27.9 Å². The lowest BCUT2D eigenvalue weighted by Crippen LogP contribution is -2.43. The van der Waals surface area contributed by atoms with E-state index in [-0.39, 0.29) is 23.1 Å². The quantitative estimate of drug-likeness (QED) is 0.213. The van der Waals surface area contributed by atoms with E-state index in [4.69, 9.17) is 25.6 Å². The fraction of sp³-hybridized carbons (Fsp3) is 0.357. The second-order valence-electron chi connectivity index (χ2n) is 10.5. The number of primary amides is 1. The Morgan fingerprint density at radius 2 is 2.00 bits per heavy atom. The first-order valence-electron chi connectivity index (χ1n) is 13.9. The lowest BCUT2D eigenvalue weighted by molar-refractivity contribution is 0.100. The first kappa shape index (κ1) is 26.9. The zero-order valence-corrected chi connectivity index (χ0v) is 24.3. The molecule has 5 aromatic rings. The number of imidazole rings is 1. The Morgan fingerprint density at radius 3 is 2.81 bits per heavy atom. The van der Waals surface area contributed by atoms with E-state index in [2.05, 4.69) is 20.5 Å². The molecule has 7 rings (SSSR count). The molecule has 218 valence electrons. The molecule has 2 fully saturated rings. The van der Waals surface area contributed by atoms with Crippen molar-refractivity contribution < 1.29 is 13.9 Å². The highest BCUT2D eigenvalue weighted by molar-refractivity contribution is 7.22. The van der Waals surface area contributed by atoms with Crippen LogP contribution < -0.4 is 32.4 Å². The Balaban J connectivity index is 1.23. The Labute approximate surface area is 248 Å². The van der Waals surface area contributed by atoms with Gasteiger partial charge in [0.1, 0.15) is 11.8 Å². The summed E-state index contributed by atoms with van der Waals surface area (Å²) >= 11 is 2.98. The predicted molar refractivity (Wildman–Crippen MR) is 165 cm³/mol. The van der Waals surface area contributed by atoms with Gasteiger partial charge in [-0.15, -0.1) is 22.7 Å². The molecule has 14 heteroatoms. The van der Waals surface area contributed by atoms with Crippen molar-refractivity contribution in [3.05, 3.63) is 52.0 Å². The minimum Gasteiger partial charge on any atom is -0.459 e. The molecule has 0 bridgehead atoms. The predicted octanol–water partition coefficient (Wildman–Crippen LogP) is 3.99. The molecule has 2 atom stereocenters. The minimum atomic E-state index is -0.639. The van der Waals surface area contributed by atoms with Crippen LogP contribution in [0.2, 0.25) is 0 Å². The van der Waals surface area contributed by atoms with Gasteiger partial charge in [-0.2, -0.15) is 4.98 Å². The summed E-state index contributed by atoms with van der Waals surface area (Å²) in [4.78, 5) is 36.9. The number of hydrogen-bond acceptors (Lipinski definition) is 12. The summed E-state index contributed by atoms with van der Waals surface area (Å²) in [5.74, 6) is 0.202. The fourth-order valence-corrected chi connectivity index (χ4v) is 7.64. The molecule has 1 saturated carbocycles. The van der Waals surface area contributed by atoms with E-state index in [0.29, 0.717) is 36.2 Å². The number of carbonyl (C=O) groups is 1. The molecule has 0 spiro atoms. The molecule has 0 unspecified atom stereocenters. The molecule has 2 aliphatic rings. The summed E-state index contributed by atoms with van der Waals surface area (Å²) in [6, 6.07) is 3.65. The van der Waals surface area contributed by atoms with Crippen molar-refractivity contribution in [2.24, 2.45) is 11.5 Å². The molecule has 12 nitrogen and oxygen atoms in total. The fourth-order valence-electron chi connectivity index (χ4n) is 5.63. The molecular formula is C28H30N8O4S2. The standard InChI is InChI=1S/C28H30N8O4S2/c29-17-3-1-2-4-18(17)32-28-34-26(22(25(30)38)27-31-5-6-36(27)28)33-20-11-15(14-41-20)16-13-40-23-19(37)12-21(42-24(16)23)35-7-9-39-10-8-35/h5-6,11-14,17-18,33H,1-4,7-10,29H2,(H2,30,38)(H,32,34)/t17-,18+/m1/s1. The van der Waals surface area contributed by atoms with Crippen LogP contribution >= 0.6 is 22.7 Å². The molecule has 0 radical (unpaired) electrons. The molecule has 5 aromatic heterocycles. The molecule has 0 aromatic carbocycles. The van der Waals surface area contributed by atoms with Crippen molar-refractivity contribution in [2.75, 3.05) is 41.8 Å². The van der Waals surface area contributed by atoms with E-state index >= 15 is 0 Å². The number of aromatic nitrogens is 3. The Bertz CT molecular complexity index is 1840. The monoisotopic (exact) mass is 606 g/mol. The molecule has 42 heavy (non-hydrogen) atoms. The Kier molecular flexibility index (Phi) is 7.06. The van der Waals surface area contributed by atoms with Crippen LogP contribution in [-0.2, 0) is 4.74 Å². The summed E-state index contributed by atoms with van der Waals surface area (Å²) < 4.78 is 13.7. The van der Waals surface area contributed by atoms with E-state index in [0.717, 1.165) is 64.6 Å². The van der Waals surface area contributed by atoms with Crippen LogP contribution in [0.5, 0.6) is 0 Å². The third-order valence-corrected chi connectivity index (χ3v) is 9.87. The molecular weight excluding hydrogens is 576 g/mol. The topological polar surface area (TPSA) is 166 Å². The zero-order chi connectivity index (χ0) is 28.8. The number of fused-ring (bicyclic) bond motifs is 2. The summed E-state index contributed by atoms with van der Waals surface area (Å²) in [5, 5.41) is 10.4. The van der Waals surface area contributed by atoms with Gasteiger partial charge in [-0.25, -0.2) is 4.98 Å². The number of thiophene rings is 1. The molecule has 1 amide bonds. The number of nitrogens with two attached hydrogens (primary N) is 2. The van der Waals surface area contributed by atoms with Crippen LogP contribution in [0.25, 0.3) is 27.1 Å². The number of amides is 1. The number of morpholine rings is 1. The summed E-state index contributed by atoms with van der Waals surface area (Å²) in [6.07, 6.45) is 9.06. The van der Waals surface area contributed by atoms with Crippen LogP contribution in [0.4, 0.5) is 21.8 Å². The normalized spacial score (nSPS) is 19.4. The van der Waals surface area contributed by atoms with Crippen molar-refractivity contribution in [3.63, 3.8) is 0 Å². The van der Waals surface area contributed by atoms with Crippen LogP contribution in [0.3, 0.4) is 0 Å². The number of hydrogen-bond donors (Lipinski definition) is 4. The number of anilines is 4. The van der Waals surface area contributed by atoms with Gasteiger partial charge in [0.25, 0.3) is 5.91 Å². The molecule has 1 saturated heterocycles. The average molecular weight is 607 g/mol. The number of ether oxygens (including phenoxy) is 1. The Hall–Kier alpha value is -3.98. The number of furan rings is 1. The van der Waals surface area contributed by atoms with E-state index in [1.165, 1.54) is 22.7 Å². The maximum atomic E-state index is 12.9. The van der Waals surface area contributed by atoms with Gasteiger partial charge in [-0.05, 0) is 24.5 Å². The third-order valence-electron chi connectivity index (χ3n) is 7.83. The number of nitrogens with zero attached hydrogens (tertiary/aromatic N) is 4. The second kappa shape index (κ2) is 11.0. The lowest BCUT2D eigenvalue weighted by Gasteiger charge is -2.30. The van der Waals surface area contributed by atoms with Crippen LogP contribution in [0, 0.1) is 0 Å². The second-order valence-corrected chi connectivity index (χ2v) is 12.5.